The van der Waals surface area contributed by atoms with Gasteiger partial charge < -0.3 is 5.11 Å². The third kappa shape index (κ3) is 2.59. The van der Waals surface area contributed by atoms with Crippen LogP contribution in [0.2, 0.25) is 0 Å². The first-order chi connectivity index (χ1) is 5.18. The van der Waals surface area contributed by atoms with Gasteiger partial charge in [0.25, 0.3) is 0 Å². The average Bonchev–Trinajstić information content (AvgIpc) is 1.85. The van der Waals surface area contributed by atoms with Crippen LogP contribution in [0.15, 0.2) is 28.7 Å². The Morgan fingerprint density at radius 3 is 2.82 bits per heavy atom. The molecule has 4 heteroatoms. The standard InChI is InChI=1S/C7H6BrNO2/c8-5-2-1-3-6(4-5)9-7(10)11/h1-4,9H,(H,10,11). The molecule has 0 radical (unpaired) electrons. The zero-order valence-corrected chi connectivity index (χ0v) is 7.13. The SMILES string of the molecule is O=C(O)Nc1cccc(Br)c1. The second kappa shape index (κ2) is 3.39. The van der Waals surface area contributed by atoms with Crippen molar-refractivity contribution in [3.05, 3.63) is 28.7 Å². The molecule has 0 saturated carbocycles. The molecule has 0 aromatic heterocycles. The van der Waals surface area contributed by atoms with E-state index in [9.17, 15) is 4.79 Å². The van der Waals surface area contributed by atoms with E-state index >= 15 is 0 Å². The van der Waals surface area contributed by atoms with Crippen molar-refractivity contribution >= 4 is 27.7 Å². The fraction of sp³-hybridized carbons (Fsp3) is 0. The van der Waals surface area contributed by atoms with Crippen LogP contribution in [0, 0.1) is 0 Å². The number of anilines is 1. The number of halogens is 1. The first-order valence-corrected chi connectivity index (χ1v) is 3.73. The third-order valence-electron chi connectivity index (χ3n) is 1.08. The first kappa shape index (κ1) is 8.07. The molecule has 0 atom stereocenters. The molecule has 0 heterocycles. The Bertz CT molecular complexity index is 275. The highest BCUT2D eigenvalue weighted by Crippen LogP contribution is 2.15. The van der Waals surface area contributed by atoms with E-state index in [0.29, 0.717) is 5.69 Å². The summed E-state index contributed by atoms with van der Waals surface area (Å²) in [5, 5.41) is 10.6. The molecular weight excluding hydrogens is 210 g/mol. The third-order valence-corrected chi connectivity index (χ3v) is 1.57. The lowest BCUT2D eigenvalue weighted by molar-refractivity contribution is 0.210. The summed E-state index contributed by atoms with van der Waals surface area (Å²) in [4.78, 5) is 10.2. The van der Waals surface area contributed by atoms with Gasteiger partial charge in [0.05, 0.1) is 0 Å². The van der Waals surface area contributed by atoms with Crippen LogP contribution >= 0.6 is 15.9 Å². The van der Waals surface area contributed by atoms with Gasteiger partial charge in [-0.2, -0.15) is 0 Å². The predicted molar refractivity (Wildman–Crippen MR) is 45.8 cm³/mol. The predicted octanol–water partition coefficient (Wildman–Crippen LogP) is 2.54. The average molecular weight is 216 g/mol. The monoisotopic (exact) mass is 215 g/mol. The molecule has 11 heavy (non-hydrogen) atoms. The van der Waals surface area contributed by atoms with Crippen LogP contribution in [0.1, 0.15) is 0 Å². The van der Waals surface area contributed by atoms with Gasteiger partial charge in [-0.15, -0.1) is 0 Å². The van der Waals surface area contributed by atoms with Crippen LogP contribution in [0.4, 0.5) is 10.5 Å². The minimum atomic E-state index is -1.05. The molecule has 1 amide bonds. The van der Waals surface area contributed by atoms with Crippen molar-refractivity contribution < 1.29 is 9.90 Å². The highest BCUT2D eigenvalue weighted by Gasteiger charge is 1.96. The summed E-state index contributed by atoms with van der Waals surface area (Å²) in [5.41, 5.74) is 0.562. The van der Waals surface area contributed by atoms with Gasteiger partial charge in [0, 0.05) is 10.2 Å². The fourth-order valence-electron chi connectivity index (χ4n) is 0.690. The molecule has 0 bridgehead atoms. The minimum Gasteiger partial charge on any atom is -0.465 e. The van der Waals surface area contributed by atoms with Gasteiger partial charge in [0.1, 0.15) is 0 Å². The largest absolute Gasteiger partial charge is 0.465 e. The van der Waals surface area contributed by atoms with E-state index in [1.54, 1.807) is 18.2 Å². The molecule has 1 rings (SSSR count). The van der Waals surface area contributed by atoms with Gasteiger partial charge >= 0.3 is 6.09 Å². The summed E-state index contributed by atoms with van der Waals surface area (Å²) in [7, 11) is 0. The first-order valence-electron chi connectivity index (χ1n) is 2.94. The van der Waals surface area contributed by atoms with Crippen molar-refractivity contribution in [2.75, 3.05) is 5.32 Å². The number of hydrogen-bond donors (Lipinski definition) is 2. The van der Waals surface area contributed by atoms with Crippen LogP contribution in [0.25, 0.3) is 0 Å². The van der Waals surface area contributed by atoms with E-state index in [1.807, 2.05) is 6.07 Å². The van der Waals surface area contributed by atoms with Gasteiger partial charge in [0.2, 0.25) is 0 Å². The van der Waals surface area contributed by atoms with Crippen LogP contribution in [0.3, 0.4) is 0 Å². The second-order valence-electron chi connectivity index (χ2n) is 1.94. The van der Waals surface area contributed by atoms with Gasteiger partial charge in [0.15, 0.2) is 0 Å². The Morgan fingerprint density at radius 2 is 2.27 bits per heavy atom. The van der Waals surface area contributed by atoms with Crippen molar-refractivity contribution in [3.8, 4) is 0 Å². The minimum absolute atomic E-state index is 0.562. The van der Waals surface area contributed by atoms with Crippen molar-refractivity contribution in [2.45, 2.75) is 0 Å². The fourth-order valence-corrected chi connectivity index (χ4v) is 1.09. The van der Waals surface area contributed by atoms with Crippen LogP contribution in [-0.2, 0) is 0 Å². The molecule has 0 saturated heterocycles. The molecule has 3 nitrogen and oxygen atoms in total. The zero-order chi connectivity index (χ0) is 8.27. The number of carbonyl (C=O) groups is 1. The number of amides is 1. The molecule has 2 N–H and O–H groups in total. The topological polar surface area (TPSA) is 49.3 Å². The van der Waals surface area contributed by atoms with Crippen molar-refractivity contribution in [2.24, 2.45) is 0 Å². The molecular formula is C7H6BrNO2. The van der Waals surface area contributed by atoms with Gasteiger partial charge in [-0.25, -0.2) is 4.79 Å². The normalized spacial score (nSPS) is 9.18. The molecule has 58 valence electrons. The summed E-state index contributed by atoms with van der Waals surface area (Å²) < 4.78 is 0.851. The summed E-state index contributed by atoms with van der Waals surface area (Å²) in [5.74, 6) is 0. The van der Waals surface area contributed by atoms with E-state index < -0.39 is 6.09 Å². The van der Waals surface area contributed by atoms with E-state index in [2.05, 4.69) is 21.2 Å². The lowest BCUT2D eigenvalue weighted by atomic mass is 10.3. The summed E-state index contributed by atoms with van der Waals surface area (Å²) in [6.07, 6.45) is -1.05. The van der Waals surface area contributed by atoms with Gasteiger partial charge in [-0.3, -0.25) is 5.32 Å². The maximum atomic E-state index is 10.2. The molecule has 1 aromatic carbocycles. The summed E-state index contributed by atoms with van der Waals surface area (Å²) in [6.45, 7) is 0. The van der Waals surface area contributed by atoms with Crippen molar-refractivity contribution in [1.29, 1.82) is 0 Å². The molecule has 1 aromatic rings. The Balaban J connectivity index is 2.79. The molecule has 0 aliphatic heterocycles. The highest BCUT2D eigenvalue weighted by atomic mass is 79.9. The number of rotatable bonds is 1. The lowest BCUT2D eigenvalue weighted by Gasteiger charge is -1.99. The van der Waals surface area contributed by atoms with Crippen molar-refractivity contribution in [3.63, 3.8) is 0 Å². The van der Waals surface area contributed by atoms with Gasteiger partial charge in [-0.05, 0) is 18.2 Å². The van der Waals surface area contributed by atoms with E-state index in [-0.39, 0.29) is 0 Å². The Kier molecular flexibility index (Phi) is 2.48. The smallest absolute Gasteiger partial charge is 0.409 e. The van der Waals surface area contributed by atoms with E-state index in [4.69, 9.17) is 5.11 Å². The Labute approximate surface area is 72.2 Å². The Hall–Kier alpha value is -1.03. The maximum Gasteiger partial charge on any atom is 0.409 e. The number of benzene rings is 1. The molecule has 0 unspecified atom stereocenters. The van der Waals surface area contributed by atoms with Crippen LogP contribution in [0.5, 0.6) is 0 Å². The van der Waals surface area contributed by atoms with Crippen molar-refractivity contribution in [1.82, 2.24) is 0 Å². The number of hydrogen-bond acceptors (Lipinski definition) is 1. The van der Waals surface area contributed by atoms with Crippen LogP contribution < -0.4 is 5.32 Å². The quantitative estimate of drug-likeness (QED) is 0.757. The molecule has 0 spiro atoms. The summed E-state index contributed by atoms with van der Waals surface area (Å²) in [6, 6.07) is 6.95. The van der Waals surface area contributed by atoms with Gasteiger partial charge in [-0.1, -0.05) is 22.0 Å². The lowest BCUT2D eigenvalue weighted by Crippen LogP contribution is -2.06. The number of nitrogens with one attached hydrogen (secondary N) is 1. The Morgan fingerprint density at radius 1 is 1.55 bits per heavy atom. The van der Waals surface area contributed by atoms with Crippen LogP contribution in [-0.4, -0.2) is 11.2 Å². The maximum absolute atomic E-state index is 10.2. The zero-order valence-electron chi connectivity index (χ0n) is 5.54. The van der Waals surface area contributed by atoms with E-state index in [1.165, 1.54) is 0 Å². The molecule has 0 fully saturated rings. The number of carboxylic acid groups (broad SMARTS) is 1. The second-order valence-corrected chi connectivity index (χ2v) is 2.86. The highest BCUT2D eigenvalue weighted by molar-refractivity contribution is 9.10. The van der Waals surface area contributed by atoms with E-state index in [0.717, 1.165) is 4.47 Å². The molecule has 0 aliphatic rings. The molecule has 0 aliphatic carbocycles. The summed E-state index contributed by atoms with van der Waals surface area (Å²) >= 11 is 3.22.